The lowest BCUT2D eigenvalue weighted by atomic mass is 9.90. The van der Waals surface area contributed by atoms with Gasteiger partial charge in [-0.15, -0.1) is 0 Å². The molecule has 0 bridgehead atoms. The highest BCUT2D eigenvalue weighted by molar-refractivity contribution is 6.37. The van der Waals surface area contributed by atoms with Crippen molar-refractivity contribution in [2.75, 3.05) is 63.9 Å². The van der Waals surface area contributed by atoms with Gasteiger partial charge in [-0.2, -0.15) is 0 Å². The summed E-state index contributed by atoms with van der Waals surface area (Å²) in [5, 5.41) is 2.80. The molecule has 40 heavy (non-hydrogen) atoms. The molecule has 8 nitrogen and oxygen atoms in total. The normalized spacial score (nSPS) is 26.1. The Kier molecular flexibility index (Phi) is 4.96. The highest BCUT2D eigenvalue weighted by Crippen LogP contribution is 2.39. The number of carbonyl (C=O) groups excluding carboxylic acids is 3. The standard InChI is InChI=1S/C32H34N4O4/c1-34-15-17-36(18-16-34)21-29(37)35(2)25-12-9-22(10-13-25)19-27(23-7-5-4-6-8-23)30-26-14-11-24(32(39)40-3)20-28(26)33-31(30)38/h4-14,20H,15-19,21H2,1-3H3,(H,33,38)/b30-27+/i2D3,15D2,16D2,17D2,18D2. The topological polar surface area (TPSA) is 82.2 Å². The summed E-state index contributed by atoms with van der Waals surface area (Å²) >= 11 is 0. The van der Waals surface area contributed by atoms with Gasteiger partial charge in [0.1, 0.15) is 0 Å². The molecule has 2 amide bonds. The van der Waals surface area contributed by atoms with Crippen LogP contribution in [-0.2, 0) is 20.7 Å². The van der Waals surface area contributed by atoms with E-state index in [1.165, 1.54) is 37.4 Å². The van der Waals surface area contributed by atoms with Gasteiger partial charge in [0.05, 0.1) is 24.8 Å². The molecule has 2 heterocycles. The summed E-state index contributed by atoms with van der Waals surface area (Å²) in [6.45, 7) is -17.3. The summed E-state index contributed by atoms with van der Waals surface area (Å²) in [7, 11) is 2.13. The number of esters is 1. The molecular weight excluding hydrogens is 504 g/mol. The molecule has 0 aromatic heterocycles. The number of amides is 2. The van der Waals surface area contributed by atoms with E-state index < -0.39 is 57.3 Å². The summed E-state index contributed by atoms with van der Waals surface area (Å²) in [5.41, 5.74) is 3.33. The van der Waals surface area contributed by atoms with E-state index in [-0.39, 0.29) is 27.5 Å². The molecule has 1 N–H and O–H groups in total. The Morgan fingerprint density at radius 1 is 1.00 bits per heavy atom. The molecule has 1 fully saturated rings. The zero-order chi connectivity index (χ0) is 37.9. The van der Waals surface area contributed by atoms with E-state index >= 15 is 0 Å². The molecule has 0 saturated carbocycles. The number of hydrogen-bond donors (Lipinski definition) is 1. The van der Waals surface area contributed by atoms with Gasteiger partial charge in [-0.3, -0.25) is 14.5 Å². The van der Waals surface area contributed by atoms with Crippen molar-refractivity contribution in [2.45, 2.75) is 6.42 Å². The fourth-order valence-electron chi connectivity index (χ4n) is 4.41. The second kappa shape index (κ2) is 11.9. The Hall–Kier alpha value is -4.27. The van der Waals surface area contributed by atoms with E-state index in [9.17, 15) is 14.4 Å². The summed E-state index contributed by atoms with van der Waals surface area (Å²) in [6, 6.07) is 19.5. The van der Waals surface area contributed by atoms with E-state index in [1.807, 2.05) is 18.2 Å². The van der Waals surface area contributed by atoms with Gasteiger partial charge >= 0.3 is 5.97 Å². The van der Waals surface area contributed by atoms with Gasteiger partial charge in [-0.25, -0.2) is 4.79 Å². The first kappa shape index (κ1) is 16.7. The summed E-state index contributed by atoms with van der Waals surface area (Å²) in [4.78, 5) is 39.8. The van der Waals surface area contributed by atoms with E-state index in [4.69, 9.17) is 19.8 Å². The molecule has 3 aromatic rings. The van der Waals surface area contributed by atoms with Crippen molar-refractivity contribution < 1.29 is 34.2 Å². The minimum absolute atomic E-state index is 0.0758. The maximum absolute atomic E-state index is 13.6. The SMILES string of the molecule is [2H]C([2H])([2H])N(C(=O)CN1C([2H])([2H])C([2H])([2H])N(C)C([2H])([2H])C1([2H])[2H])c1ccc(C/C(=C2\C(=O)Nc3cc(C(=O)OC)ccc32)c2ccccc2)cc1. The number of rotatable bonds is 7. The highest BCUT2D eigenvalue weighted by atomic mass is 16.5. The Labute approximate surface area is 250 Å². The molecular formula is C32H34N4O4. The van der Waals surface area contributed by atoms with Crippen LogP contribution in [0.25, 0.3) is 11.1 Å². The predicted octanol–water partition coefficient (Wildman–Crippen LogP) is 3.79. The summed E-state index contributed by atoms with van der Waals surface area (Å²) in [6.07, 6.45) is 0.166. The van der Waals surface area contributed by atoms with Crippen molar-refractivity contribution in [2.24, 2.45) is 0 Å². The van der Waals surface area contributed by atoms with Crippen LogP contribution in [0.3, 0.4) is 0 Å². The van der Waals surface area contributed by atoms with Crippen LogP contribution in [-0.4, -0.2) is 81.2 Å². The monoisotopic (exact) mass is 549 g/mol. The van der Waals surface area contributed by atoms with Gasteiger partial charge in [-0.05, 0) is 54.4 Å². The van der Waals surface area contributed by atoms with Crippen LogP contribution < -0.4 is 10.2 Å². The second-order valence-corrected chi connectivity index (χ2v) is 9.09. The highest BCUT2D eigenvalue weighted by Gasteiger charge is 2.29. The number of anilines is 2. The number of allylic oxidation sites excluding steroid dienone is 1. The van der Waals surface area contributed by atoms with Gasteiger partial charge < -0.3 is 19.9 Å². The fraction of sp³-hybridized carbons (Fsp3) is 0.281. The van der Waals surface area contributed by atoms with Crippen molar-refractivity contribution in [1.29, 1.82) is 0 Å². The third kappa shape index (κ3) is 5.83. The Balaban J connectivity index is 1.50. The molecule has 5 rings (SSSR count). The predicted molar refractivity (Wildman–Crippen MR) is 157 cm³/mol. The number of fused-ring (bicyclic) bond motifs is 1. The number of benzene rings is 3. The summed E-state index contributed by atoms with van der Waals surface area (Å²) < 4.78 is 95.4. The molecule has 206 valence electrons. The molecule has 2 aliphatic heterocycles. The molecule has 0 unspecified atom stereocenters. The van der Waals surface area contributed by atoms with Gasteiger partial charge in [0, 0.05) is 65.0 Å². The molecule has 2 aliphatic rings. The minimum atomic E-state index is -3.27. The average Bonchev–Trinajstić information content (AvgIpc) is 3.39. The number of methoxy groups -OCH3 is 1. The second-order valence-electron chi connectivity index (χ2n) is 9.09. The molecule has 0 aliphatic carbocycles. The van der Waals surface area contributed by atoms with Gasteiger partial charge in [0.15, 0.2) is 0 Å². The lowest BCUT2D eigenvalue weighted by molar-refractivity contribution is -0.119. The Morgan fingerprint density at radius 2 is 1.73 bits per heavy atom. The number of piperazine rings is 1. The third-order valence-electron chi connectivity index (χ3n) is 6.43. The maximum Gasteiger partial charge on any atom is 0.337 e. The molecule has 0 spiro atoms. The Bertz CT molecular complexity index is 1870. The number of nitrogens with one attached hydrogen (secondary N) is 1. The van der Waals surface area contributed by atoms with Crippen molar-refractivity contribution >= 4 is 40.3 Å². The number of ether oxygens (including phenoxy) is 1. The molecule has 1 saturated heterocycles. The van der Waals surface area contributed by atoms with Crippen LogP contribution in [0.2, 0.25) is 0 Å². The van der Waals surface area contributed by atoms with Crippen LogP contribution >= 0.6 is 0 Å². The molecule has 3 aromatic carbocycles. The van der Waals surface area contributed by atoms with Gasteiger partial charge in [-0.1, -0.05) is 48.5 Å². The van der Waals surface area contributed by atoms with Gasteiger partial charge in [0.25, 0.3) is 5.91 Å². The number of carbonyl (C=O) groups is 3. The summed E-state index contributed by atoms with van der Waals surface area (Å²) in [5.74, 6) is -2.30. The zero-order valence-corrected chi connectivity index (χ0v) is 21.8. The Morgan fingerprint density at radius 3 is 2.40 bits per heavy atom. The van der Waals surface area contributed by atoms with Crippen LogP contribution in [0, 0.1) is 0 Å². The van der Waals surface area contributed by atoms with E-state index in [2.05, 4.69) is 5.32 Å². The van der Waals surface area contributed by atoms with E-state index in [0.29, 0.717) is 38.4 Å². The van der Waals surface area contributed by atoms with Crippen LogP contribution in [0.15, 0.2) is 72.8 Å². The van der Waals surface area contributed by atoms with Crippen molar-refractivity contribution in [3.05, 3.63) is 95.1 Å². The quantitative estimate of drug-likeness (QED) is 0.357. The van der Waals surface area contributed by atoms with Crippen LogP contribution in [0.5, 0.6) is 0 Å². The lowest BCUT2D eigenvalue weighted by Gasteiger charge is -2.32. The minimum Gasteiger partial charge on any atom is -0.465 e. The molecule has 8 heteroatoms. The van der Waals surface area contributed by atoms with Crippen molar-refractivity contribution in [3.8, 4) is 0 Å². The zero-order valence-electron chi connectivity index (χ0n) is 32.8. The lowest BCUT2D eigenvalue weighted by Crippen LogP contribution is -2.48. The molecule has 0 atom stereocenters. The number of hydrogen-bond acceptors (Lipinski definition) is 6. The molecule has 0 radical (unpaired) electrons. The van der Waals surface area contributed by atoms with Crippen molar-refractivity contribution in [3.63, 3.8) is 0 Å². The third-order valence-corrected chi connectivity index (χ3v) is 6.43. The first-order valence-electron chi connectivity index (χ1n) is 17.8. The maximum atomic E-state index is 13.6. The average molecular weight is 550 g/mol. The largest absolute Gasteiger partial charge is 0.465 e. The van der Waals surface area contributed by atoms with Crippen molar-refractivity contribution in [1.82, 2.24) is 9.80 Å². The first-order chi connectivity index (χ1) is 23.6. The van der Waals surface area contributed by atoms with Crippen LogP contribution in [0.1, 0.15) is 42.1 Å². The van der Waals surface area contributed by atoms with E-state index in [0.717, 1.165) is 7.05 Å². The number of likely N-dealkylation sites (N-methyl/N-ethyl adjacent to an activating group) is 2. The first-order valence-corrected chi connectivity index (χ1v) is 12.3. The fourth-order valence-corrected chi connectivity index (χ4v) is 4.41. The van der Waals surface area contributed by atoms with E-state index in [1.54, 1.807) is 24.3 Å². The smallest absolute Gasteiger partial charge is 0.337 e. The van der Waals surface area contributed by atoms with Crippen LogP contribution in [0.4, 0.5) is 11.4 Å². The van der Waals surface area contributed by atoms with Gasteiger partial charge in [0.2, 0.25) is 5.91 Å². The number of nitrogens with zero attached hydrogens (tertiary/aromatic N) is 3.